The molecule has 27 heavy (non-hydrogen) atoms. The smallest absolute Gasteiger partial charge is 0.228 e. The molecule has 0 amide bonds. The Labute approximate surface area is 179 Å². The topological polar surface area (TPSA) is 87.8 Å². The van der Waals surface area contributed by atoms with Crippen molar-refractivity contribution >= 4 is 29.9 Å². The van der Waals surface area contributed by atoms with E-state index in [4.69, 9.17) is 9.26 Å². The van der Waals surface area contributed by atoms with Crippen molar-refractivity contribution < 1.29 is 9.26 Å². The van der Waals surface area contributed by atoms with Crippen LogP contribution in [-0.2, 0) is 11.2 Å². The summed E-state index contributed by atoms with van der Waals surface area (Å²) in [6, 6.07) is 0. The fraction of sp³-hybridized carbons (Fsp3) is 0.833. The Morgan fingerprint density at radius 3 is 2.70 bits per heavy atom. The van der Waals surface area contributed by atoms with Crippen molar-refractivity contribution in [2.75, 3.05) is 46.4 Å². The van der Waals surface area contributed by atoms with E-state index in [0.29, 0.717) is 24.8 Å². The molecule has 9 heteroatoms. The van der Waals surface area contributed by atoms with E-state index in [2.05, 4.69) is 44.5 Å². The molecule has 2 heterocycles. The lowest BCUT2D eigenvalue weighted by Gasteiger charge is -2.34. The largest absolute Gasteiger partial charge is 0.374 e. The fourth-order valence-corrected chi connectivity index (χ4v) is 2.91. The minimum absolute atomic E-state index is 0. The van der Waals surface area contributed by atoms with Crippen molar-refractivity contribution in [1.29, 1.82) is 0 Å². The van der Waals surface area contributed by atoms with Crippen LogP contribution in [0, 0.1) is 5.92 Å². The maximum absolute atomic E-state index is 5.86. The van der Waals surface area contributed by atoms with E-state index in [1.807, 2.05) is 13.8 Å². The molecule has 0 radical (unpaired) electrons. The van der Waals surface area contributed by atoms with Gasteiger partial charge < -0.3 is 19.9 Å². The van der Waals surface area contributed by atoms with Crippen LogP contribution in [0.3, 0.4) is 0 Å². The summed E-state index contributed by atoms with van der Waals surface area (Å²) in [6.45, 7) is 13.9. The second kappa shape index (κ2) is 12.5. The van der Waals surface area contributed by atoms with E-state index in [1.54, 1.807) is 7.05 Å². The number of ether oxygens (including phenoxy) is 1. The van der Waals surface area contributed by atoms with Crippen LogP contribution in [0.15, 0.2) is 9.52 Å². The third-order valence-corrected chi connectivity index (χ3v) is 4.20. The summed E-state index contributed by atoms with van der Waals surface area (Å²) in [5.74, 6) is 3.12. The molecule has 1 saturated heterocycles. The maximum atomic E-state index is 5.86. The second-order valence-corrected chi connectivity index (χ2v) is 7.48. The third kappa shape index (κ3) is 8.73. The van der Waals surface area contributed by atoms with Crippen molar-refractivity contribution in [3.8, 4) is 0 Å². The Kier molecular flexibility index (Phi) is 11.2. The van der Waals surface area contributed by atoms with Crippen LogP contribution in [0.5, 0.6) is 0 Å². The van der Waals surface area contributed by atoms with Gasteiger partial charge in [-0.2, -0.15) is 4.98 Å². The zero-order valence-corrected chi connectivity index (χ0v) is 19.5. The molecule has 2 N–H and O–H groups in total. The zero-order chi connectivity index (χ0) is 18.9. The number of nitrogens with zero attached hydrogens (tertiary/aromatic N) is 4. The van der Waals surface area contributed by atoms with Gasteiger partial charge in [0.1, 0.15) is 0 Å². The highest BCUT2D eigenvalue weighted by atomic mass is 127. The number of halogens is 1. The molecule has 1 fully saturated rings. The van der Waals surface area contributed by atoms with E-state index < -0.39 is 0 Å². The van der Waals surface area contributed by atoms with Crippen molar-refractivity contribution in [1.82, 2.24) is 25.7 Å². The molecule has 0 spiro atoms. The van der Waals surface area contributed by atoms with Gasteiger partial charge in [0.05, 0.1) is 12.7 Å². The van der Waals surface area contributed by atoms with Gasteiger partial charge in [0.2, 0.25) is 5.89 Å². The van der Waals surface area contributed by atoms with Crippen LogP contribution in [0.25, 0.3) is 0 Å². The lowest BCUT2D eigenvalue weighted by molar-refractivity contribution is -0.0284. The van der Waals surface area contributed by atoms with Crippen LogP contribution < -0.4 is 10.6 Å². The van der Waals surface area contributed by atoms with Gasteiger partial charge in [0, 0.05) is 52.1 Å². The summed E-state index contributed by atoms with van der Waals surface area (Å²) in [5, 5.41) is 10.6. The van der Waals surface area contributed by atoms with Gasteiger partial charge in [-0.1, -0.05) is 32.9 Å². The van der Waals surface area contributed by atoms with E-state index in [0.717, 1.165) is 44.6 Å². The molecule has 2 rings (SSSR count). The first-order valence-electron chi connectivity index (χ1n) is 9.58. The number of morpholine rings is 1. The molecule has 1 aliphatic rings. The van der Waals surface area contributed by atoms with Gasteiger partial charge in [-0.05, 0) is 5.92 Å². The van der Waals surface area contributed by atoms with Gasteiger partial charge >= 0.3 is 0 Å². The van der Waals surface area contributed by atoms with E-state index in [-0.39, 0.29) is 36.0 Å². The number of hydrogen-bond donors (Lipinski definition) is 2. The number of rotatable bonds is 8. The first-order valence-corrected chi connectivity index (χ1v) is 9.58. The summed E-state index contributed by atoms with van der Waals surface area (Å²) in [6.07, 6.45) is 0.855. The lowest BCUT2D eigenvalue weighted by atomic mass is 10.2. The molecule has 1 unspecified atom stereocenters. The van der Waals surface area contributed by atoms with E-state index >= 15 is 0 Å². The number of guanidine groups is 1. The first-order chi connectivity index (χ1) is 12.5. The highest BCUT2D eigenvalue weighted by Gasteiger charge is 2.21. The maximum Gasteiger partial charge on any atom is 0.228 e. The monoisotopic (exact) mass is 494 g/mol. The first kappa shape index (κ1) is 24.1. The summed E-state index contributed by atoms with van der Waals surface area (Å²) in [5.41, 5.74) is 0. The molecule has 8 nitrogen and oxygen atoms in total. The lowest BCUT2D eigenvalue weighted by Crippen LogP contribution is -2.50. The predicted molar refractivity (Wildman–Crippen MR) is 118 cm³/mol. The molecule has 1 aliphatic heterocycles. The Balaban J connectivity index is 0.00000364. The van der Waals surface area contributed by atoms with Crippen LogP contribution >= 0.6 is 24.0 Å². The Bertz CT molecular complexity index is 564. The van der Waals surface area contributed by atoms with Gasteiger partial charge in [-0.15, -0.1) is 24.0 Å². The Hall–Kier alpha value is -0.940. The molecule has 0 saturated carbocycles. The quantitative estimate of drug-likeness (QED) is 0.324. The average molecular weight is 494 g/mol. The average Bonchev–Trinajstić information content (AvgIpc) is 3.07. The van der Waals surface area contributed by atoms with Crippen molar-refractivity contribution in [2.24, 2.45) is 10.9 Å². The molecule has 0 aromatic carbocycles. The molecule has 156 valence electrons. The molecule has 1 aromatic rings. The van der Waals surface area contributed by atoms with Crippen LogP contribution in [0.1, 0.15) is 45.3 Å². The second-order valence-electron chi connectivity index (χ2n) is 7.48. The molecular formula is C18H35IN6O2. The van der Waals surface area contributed by atoms with Gasteiger partial charge in [0.25, 0.3) is 0 Å². The zero-order valence-electron chi connectivity index (χ0n) is 17.2. The normalized spacial score (nSPS) is 18.6. The molecular weight excluding hydrogens is 459 g/mol. The number of aromatic nitrogens is 2. The van der Waals surface area contributed by atoms with Crippen molar-refractivity contribution in [3.05, 3.63) is 11.7 Å². The number of aliphatic imine (C=N–C) groups is 1. The summed E-state index contributed by atoms with van der Waals surface area (Å²) < 4.78 is 11.1. The summed E-state index contributed by atoms with van der Waals surface area (Å²) in [4.78, 5) is 11.1. The molecule has 1 aromatic heterocycles. The van der Waals surface area contributed by atoms with Gasteiger partial charge in [0.15, 0.2) is 11.8 Å². The number of hydrogen-bond acceptors (Lipinski definition) is 6. The highest BCUT2D eigenvalue weighted by molar-refractivity contribution is 14.0. The Morgan fingerprint density at radius 1 is 1.30 bits per heavy atom. The summed E-state index contributed by atoms with van der Waals surface area (Å²) in [7, 11) is 1.77. The Morgan fingerprint density at radius 2 is 2.07 bits per heavy atom. The van der Waals surface area contributed by atoms with Gasteiger partial charge in [-0.25, -0.2) is 0 Å². The minimum Gasteiger partial charge on any atom is -0.374 e. The number of nitrogens with one attached hydrogen (secondary N) is 2. The van der Waals surface area contributed by atoms with Crippen LogP contribution in [-0.4, -0.2) is 73.5 Å². The van der Waals surface area contributed by atoms with E-state index in [9.17, 15) is 0 Å². The van der Waals surface area contributed by atoms with Crippen molar-refractivity contribution in [3.63, 3.8) is 0 Å². The highest BCUT2D eigenvalue weighted by Crippen LogP contribution is 2.09. The molecule has 1 atom stereocenters. The van der Waals surface area contributed by atoms with E-state index in [1.165, 1.54) is 0 Å². The van der Waals surface area contributed by atoms with Gasteiger partial charge in [-0.3, -0.25) is 9.89 Å². The van der Waals surface area contributed by atoms with Crippen LogP contribution in [0.2, 0.25) is 0 Å². The summed E-state index contributed by atoms with van der Waals surface area (Å²) >= 11 is 0. The molecule has 0 bridgehead atoms. The SMILES string of the molecule is CN=C(NCCc1nc(C(C)C)no1)NCC1CN(CC(C)C)CCO1.I. The minimum atomic E-state index is 0. The third-order valence-electron chi connectivity index (χ3n) is 4.20. The fourth-order valence-electron chi connectivity index (χ4n) is 2.91. The van der Waals surface area contributed by atoms with Crippen LogP contribution in [0.4, 0.5) is 0 Å². The standard InChI is InChI=1S/C18H34N6O2.HI/c1-13(2)11-24-8-9-25-15(12-24)10-21-18(19-5)20-7-6-16-22-17(14(3)4)23-26-16;/h13-15H,6-12H2,1-5H3,(H2,19,20,21);1H. The predicted octanol–water partition coefficient (Wildman–Crippen LogP) is 1.88. The van der Waals surface area contributed by atoms with Crippen molar-refractivity contribution in [2.45, 2.75) is 46.1 Å². The molecule has 0 aliphatic carbocycles.